The van der Waals surface area contributed by atoms with Gasteiger partial charge >= 0.3 is 0 Å². The van der Waals surface area contributed by atoms with Crippen molar-refractivity contribution >= 4 is 40.5 Å². The Morgan fingerprint density at radius 1 is 0.879 bits per heavy atom. The zero-order chi connectivity index (χ0) is 23.8. The molecule has 2 amide bonds. The molecule has 0 spiro atoms. The highest BCUT2D eigenvalue weighted by atomic mass is 32.1. The van der Waals surface area contributed by atoms with Crippen LogP contribution < -0.4 is 20.7 Å². The number of amides is 2. The van der Waals surface area contributed by atoms with Crippen LogP contribution in [0.2, 0.25) is 0 Å². The topological polar surface area (TPSA) is 79.5 Å². The number of hydrogen-bond acceptors (Lipinski definition) is 4. The predicted octanol–water partition coefficient (Wildman–Crippen LogP) is 5.55. The van der Waals surface area contributed by atoms with Crippen LogP contribution in [0.4, 0.5) is 11.4 Å². The first kappa shape index (κ1) is 23.9. The first-order valence-corrected chi connectivity index (χ1v) is 11.1. The van der Waals surface area contributed by atoms with E-state index in [1.807, 2.05) is 51.1 Å². The number of carbonyl (C=O) groups excluding carboxylic acids is 2. The number of carbonyl (C=O) groups is 2. The second-order valence-electron chi connectivity index (χ2n) is 7.68. The van der Waals surface area contributed by atoms with E-state index in [1.54, 1.807) is 42.5 Å². The quantitative estimate of drug-likeness (QED) is 0.402. The number of aryl methyl sites for hydroxylation is 1. The van der Waals surface area contributed by atoms with Crippen LogP contribution in [0.5, 0.6) is 5.75 Å². The molecular weight excluding hydrogens is 434 g/mol. The van der Waals surface area contributed by atoms with Crippen LogP contribution >= 0.6 is 12.2 Å². The molecule has 33 heavy (non-hydrogen) atoms. The van der Waals surface area contributed by atoms with Crippen molar-refractivity contribution in [1.82, 2.24) is 5.32 Å². The van der Waals surface area contributed by atoms with Gasteiger partial charge in [-0.05, 0) is 86.6 Å². The molecular formula is C26H27N3O3S. The molecule has 0 fully saturated rings. The summed E-state index contributed by atoms with van der Waals surface area (Å²) < 4.78 is 5.77. The van der Waals surface area contributed by atoms with Crippen LogP contribution in [0.15, 0.2) is 72.8 Å². The highest BCUT2D eigenvalue weighted by molar-refractivity contribution is 7.80. The molecule has 3 aromatic carbocycles. The van der Waals surface area contributed by atoms with Crippen molar-refractivity contribution in [2.45, 2.75) is 33.3 Å². The molecule has 3 N–H and O–H groups in total. The van der Waals surface area contributed by atoms with Crippen molar-refractivity contribution in [1.29, 1.82) is 0 Å². The second kappa shape index (κ2) is 11.2. The standard InChI is InChI=1S/C26H27N3O3S/c1-4-18(3)32-23-13-7-10-20(16-23)25(31)29-26(33)28-22-12-6-9-19(15-22)24(30)27-21-11-5-8-17(2)14-21/h5-16,18H,4H2,1-3H3,(H,27,30)(H2,28,29,31,33). The van der Waals surface area contributed by atoms with Crippen LogP contribution in [0.25, 0.3) is 0 Å². The van der Waals surface area contributed by atoms with Crippen LogP contribution in [0.3, 0.4) is 0 Å². The lowest BCUT2D eigenvalue weighted by atomic mass is 10.1. The minimum Gasteiger partial charge on any atom is -0.491 e. The molecule has 0 aliphatic carbocycles. The Balaban J connectivity index is 1.61. The fourth-order valence-electron chi connectivity index (χ4n) is 3.03. The number of rotatable bonds is 7. The van der Waals surface area contributed by atoms with E-state index >= 15 is 0 Å². The lowest BCUT2D eigenvalue weighted by molar-refractivity contribution is 0.0975. The van der Waals surface area contributed by atoms with Crippen LogP contribution in [-0.4, -0.2) is 23.0 Å². The summed E-state index contributed by atoms with van der Waals surface area (Å²) in [7, 11) is 0. The number of anilines is 2. The van der Waals surface area contributed by atoms with Crippen molar-refractivity contribution in [3.8, 4) is 5.75 Å². The van der Waals surface area contributed by atoms with Crippen molar-refractivity contribution < 1.29 is 14.3 Å². The fraction of sp³-hybridized carbons (Fsp3) is 0.192. The molecule has 0 aliphatic rings. The summed E-state index contributed by atoms with van der Waals surface area (Å²) in [4.78, 5) is 25.2. The van der Waals surface area contributed by atoms with Gasteiger partial charge in [-0.1, -0.05) is 31.2 Å². The number of ether oxygens (including phenoxy) is 1. The molecule has 0 saturated carbocycles. The Labute approximate surface area is 199 Å². The summed E-state index contributed by atoms with van der Waals surface area (Å²) in [6.45, 7) is 5.97. The minimum absolute atomic E-state index is 0.0569. The monoisotopic (exact) mass is 461 g/mol. The maximum atomic E-state index is 12.6. The van der Waals surface area contributed by atoms with Crippen LogP contribution in [-0.2, 0) is 0 Å². The van der Waals surface area contributed by atoms with E-state index in [-0.39, 0.29) is 23.0 Å². The van der Waals surface area contributed by atoms with E-state index < -0.39 is 0 Å². The van der Waals surface area contributed by atoms with Crippen molar-refractivity contribution in [2.24, 2.45) is 0 Å². The van der Waals surface area contributed by atoms with Gasteiger partial charge in [0, 0.05) is 22.5 Å². The van der Waals surface area contributed by atoms with Gasteiger partial charge in [-0.25, -0.2) is 0 Å². The molecule has 0 aromatic heterocycles. The lowest BCUT2D eigenvalue weighted by Crippen LogP contribution is -2.34. The number of thiocarbonyl (C=S) groups is 1. The van der Waals surface area contributed by atoms with Gasteiger partial charge in [-0.3, -0.25) is 14.9 Å². The molecule has 170 valence electrons. The molecule has 3 rings (SSSR count). The van der Waals surface area contributed by atoms with Gasteiger partial charge in [-0.15, -0.1) is 0 Å². The van der Waals surface area contributed by atoms with E-state index in [0.29, 0.717) is 22.6 Å². The minimum atomic E-state index is -0.351. The number of hydrogen-bond donors (Lipinski definition) is 3. The smallest absolute Gasteiger partial charge is 0.257 e. The Kier molecular flexibility index (Phi) is 8.16. The first-order valence-electron chi connectivity index (χ1n) is 10.7. The zero-order valence-electron chi connectivity index (χ0n) is 18.8. The highest BCUT2D eigenvalue weighted by Crippen LogP contribution is 2.17. The summed E-state index contributed by atoms with van der Waals surface area (Å²) in [5.41, 5.74) is 3.27. The van der Waals surface area contributed by atoms with Crippen LogP contribution in [0, 0.1) is 6.92 Å². The summed E-state index contributed by atoms with van der Waals surface area (Å²) in [5.74, 6) is 0.0379. The molecule has 1 atom stereocenters. The molecule has 3 aromatic rings. The third kappa shape index (κ3) is 7.15. The van der Waals surface area contributed by atoms with Gasteiger partial charge < -0.3 is 15.4 Å². The third-order valence-electron chi connectivity index (χ3n) is 4.89. The van der Waals surface area contributed by atoms with Gasteiger partial charge in [0.25, 0.3) is 11.8 Å². The largest absolute Gasteiger partial charge is 0.491 e. The lowest BCUT2D eigenvalue weighted by Gasteiger charge is -2.14. The molecule has 7 heteroatoms. The Morgan fingerprint density at radius 3 is 2.21 bits per heavy atom. The van der Waals surface area contributed by atoms with E-state index in [2.05, 4.69) is 16.0 Å². The molecule has 0 aliphatic heterocycles. The molecule has 0 saturated heterocycles. The molecule has 6 nitrogen and oxygen atoms in total. The van der Waals surface area contributed by atoms with Crippen molar-refractivity contribution in [2.75, 3.05) is 10.6 Å². The maximum Gasteiger partial charge on any atom is 0.257 e. The van der Waals surface area contributed by atoms with Gasteiger partial charge in [0.15, 0.2) is 5.11 Å². The predicted molar refractivity (Wildman–Crippen MR) is 136 cm³/mol. The molecule has 1 unspecified atom stereocenters. The molecule has 0 bridgehead atoms. The summed E-state index contributed by atoms with van der Waals surface area (Å²) in [6, 6.07) is 21.4. The van der Waals surface area contributed by atoms with Crippen LogP contribution in [0.1, 0.15) is 46.5 Å². The van der Waals surface area contributed by atoms with Crippen molar-refractivity contribution in [3.05, 3.63) is 89.5 Å². The third-order valence-corrected chi connectivity index (χ3v) is 5.10. The zero-order valence-corrected chi connectivity index (χ0v) is 19.7. The Hall–Kier alpha value is -3.71. The average molecular weight is 462 g/mol. The number of nitrogens with one attached hydrogen (secondary N) is 3. The molecule has 0 radical (unpaired) electrons. The average Bonchev–Trinajstić information content (AvgIpc) is 2.79. The highest BCUT2D eigenvalue weighted by Gasteiger charge is 2.12. The van der Waals surface area contributed by atoms with Crippen molar-refractivity contribution in [3.63, 3.8) is 0 Å². The second-order valence-corrected chi connectivity index (χ2v) is 8.09. The maximum absolute atomic E-state index is 12.6. The van der Waals surface area contributed by atoms with E-state index in [9.17, 15) is 9.59 Å². The SMILES string of the molecule is CCC(C)Oc1cccc(C(=O)NC(=S)Nc2cccc(C(=O)Nc3cccc(C)c3)c2)c1. The van der Waals surface area contributed by atoms with Gasteiger partial charge in [0.05, 0.1) is 6.10 Å². The summed E-state index contributed by atoms with van der Waals surface area (Å²) >= 11 is 5.29. The van der Waals surface area contributed by atoms with E-state index in [4.69, 9.17) is 17.0 Å². The molecule has 0 heterocycles. The normalized spacial score (nSPS) is 11.2. The van der Waals surface area contributed by atoms with E-state index in [0.717, 1.165) is 17.7 Å². The fourth-order valence-corrected chi connectivity index (χ4v) is 3.24. The Morgan fingerprint density at radius 2 is 1.52 bits per heavy atom. The Bertz CT molecular complexity index is 1160. The first-order chi connectivity index (χ1) is 15.8. The number of benzene rings is 3. The summed E-state index contributed by atoms with van der Waals surface area (Å²) in [5, 5.41) is 8.62. The summed E-state index contributed by atoms with van der Waals surface area (Å²) in [6.07, 6.45) is 0.924. The van der Waals surface area contributed by atoms with Gasteiger partial charge in [0.1, 0.15) is 5.75 Å². The van der Waals surface area contributed by atoms with E-state index in [1.165, 1.54) is 0 Å². The van der Waals surface area contributed by atoms with Gasteiger partial charge in [-0.2, -0.15) is 0 Å². The van der Waals surface area contributed by atoms with Gasteiger partial charge in [0.2, 0.25) is 0 Å².